The Morgan fingerprint density at radius 2 is 2.27 bits per heavy atom. The van der Waals surface area contributed by atoms with Crippen LogP contribution >= 0.6 is 0 Å². The highest BCUT2D eigenvalue weighted by atomic mass is 14.9. The average molecular weight is 147 g/mol. The second kappa shape index (κ2) is 2.26. The highest BCUT2D eigenvalue weighted by molar-refractivity contribution is 5.62. The molecule has 1 heteroatoms. The van der Waals surface area contributed by atoms with Crippen LogP contribution in [-0.2, 0) is 0 Å². The highest BCUT2D eigenvalue weighted by Gasteiger charge is 2.18. The molecule has 0 radical (unpaired) electrons. The molecule has 1 nitrogen and oxygen atoms in total. The first-order chi connectivity index (χ1) is 5.29. The standard InChI is InChI=1S/C10H13N/c1-7-4-3-5-9-8(2)6-11-10(7)9/h3-5,8,11H,6H2,1-2H3. The van der Waals surface area contributed by atoms with Crippen LogP contribution in [0.4, 0.5) is 5.69 Å². The third kappa shape index (κ3) is 0.917. The summed E-state index contributed by atoms with van der Waals surface area (Å²) in [5.41, 5.74) is 4.21. The average Bonchev–Trinajstić information content (AvgIpc) is 2.35. The van der Waals surface area contributed by atoms with Crippen molar-refractivity contribution >= 4 is 5.69 Å². The molecule has 1 aromatic rings. The van der Waals surface area contributed by atoms with Gasteiger partial charge in [0, 0.05) is 18.2 Å². The maximum atomic E-state index is 3.42. The highest BCUT2D eigenvalue weighted by Crippen LogP contribution is 2.32. The number of rotatable bonds is 0. The van der Waals surface area contributed by atoms with Gasteiger partial charge in [0.25, 0.3) is 0 Å². The quantitative estimate of drug-likeness (QED) is 0.594. The van der Waals surface area contributed by atoms with Gasteiger partial charge in [0.15, 0.2) is 0 Å². The lowest BCUT2D eigenvalue weighted by Gasteiger charge is -2.03. The number of fused-ring (bicyclic) bond motifs is 1. The molecule has 1 unspecified atom stereocenters. The normalized spacial score (nSPS) is 21.1. The molecule has 58 valence electrons. The monoisotopic (exact) mass is 147 g/mol. The van der Waals surface area contributed by atoms with E-state index in [9.17, 15) is 0 Å². The van der Waals surface area contributed by atoms with Gasteiger partial charge in [-0.05, 0) is 18.1 Å². The van der Waals surface area contributed by atoms with E-state index in [-0.39, 0.29) is 0 Å². The molecule has 1 aliphatic heterocycles. The summed E-state index contributed by atoms with van der Waals surface area (Å²) in [4.78, 5) is 0. The molecule has 1 atom stereocenters. The van der Waals surface area contributed by atoms with Crippen LogP contribution in [0.3, 0.4) is 0 Å². The van der Waals surface area contributed by atoms with Crippen LogP contribution < -0.4 is 5.32 Å². The molecular weight excluding hydrogens is 134 g/mol. The van der Waals surface area contributed by atoms with E-state index in [0.717, 1.165) is 6.54 Å². The van der Waals surface area contributed by atoms with E-state index in [2.05, 4.69) is 37.4 Å². The first-order valence-corrected chi connectivity index (χ1v) is 4.12. The maximum Gasteiger partial charge on any atom is 0.0406 e. The Balaban J connectivity index is 2.57. The predicted molar refractivity (Wildman–Crippen MR) is 48.1 cm³/mol. The van der Waals surface area contributed by atoms with E-state index in [1.165, 1.54) is 16.8 Å². The summed E-state index contributed by atoms with van der Waals surface area (Å²) in [6.07, 6.45) is 0. The number of hydrogen-bond donors (Lipinski definition) is 1. The fourth-order valence-electron chi connectivity index (χ4n) is 1.71. The van der Waals surface area contributed by atoms with Crippen LogP contribution in [0.5, 0.6) is 0 Å². The first-order valence-electron chi connectivity index (χ1n) is 4.12. The van der Waals surface area contributed by atoms with E-state index >= 15 is 0 Å². The Kier molecular flexibility index (Phi) is 1.38. The van der Waals surface area contributed by atoms with Gasteiger partial charge in [-0.2, -0.15) is 0 Å². The molecule has 0 aliphatic carbocycles. The van der Waals surface area contributed by atoms with Gasteiger partial charge >= 0.3 is 0 Å². The van der Waals surface area contributed by atoms with Crippen LogP contribution in [0.25, 0.3) is 0 Å². The number of hydrogen-bond acceptors (Lipinski definition) is 1. The molecule has 1 heterocycles. The van der Waals surface area contributed by atoms with E-state index < -0.39 is 0 Å². The Bertz CT molecular complexity index is 278. The second-order valence-corrected chi connectivity index (χ2v) is 3.32. The van der Waals surface area contributed by atoms with Gasteiger partial charge in [0.05, 0.1) is 0 Å². The molecule has 1 N–H and O–H groups in total. The number of anilines is 1. The Hall–Kier alpha value is -0.980. The number of benzene rings is 1. The fraction of sp³-hybridized carbons (Fsp3) is 0.400. The van der Waals surface area contributed by atoms with Gasteiger partial charge < -0.3 is 5.32 Å². The van der Waals surface area contributed by atoms with Crippen molar-refractivity contribution in [1.29, 1.82) is 0 Å². The van der Waals surface area contributed by atoms with Crippen LogP contribution in [0, 0.1) is 6.92 Å². The SMILES string of the molecule is Cc1cccc2c1NCC2C. The van der Waals surface area contributed by atoms with E-state index in [4.69, 9.17) is 0 Å². The van der Waals surface area contributed by atoms with Crippen molar-refractivity contribution in [3.63, 3.8) is 0 Å². The Labute approximate surface area is 67.4 Å². The summed E-state index contributed by atoms with van der Waals surface area (Å²) in [5.74, 6) is 0.685. The molecule has 0 saturated heterocycles. The Morgan fingerprint density at radius 3 is 3.00 bits per heavy atom. The van der Waals surface area contributed by atoms with Crippen molar-refractivity contribution in [2.24, 2.45) is 0 Å². The fourth-order valence-corrected chi connectivity index (χ4v) is 1.71. The Morgan fingerprint density at radius 1 is 1.45 bits per heavy atom. The van der Waals surface area contributed by atoms with Crippen molar-refractivity contribution in [3.8, 4) is 0 Å². The molecular formula is C10H13N. The van der Waals surface area contributed by atoms with Crippen molar-refractivity contribution in [2.75, 3.05) is 11.9 Å². The summed E-state index contributed by atoms with van der Waals surface area (Å²) < 4.78 is 0. The molecule has 1 aliphatic rings. The van der Waals surface area contributed by atoms with Gasteiger partial charge in [-0.1, -0.05) is 25.1 Å². The molecule has 2 rings (SSSR count). The molecule has 0 bridgehead atoms. The number of nitrogens with one attached hydrogen (secondary N) is 1. The minimum atomic E-state index is 0.685. The number of para-hydroxylation sites is 1. The van der Waals surface area contributed by atoms with Crippen LogP contribution in [0.15, 0.2) is 18.2 Å². The lowest BCUT2D eigenvalue weighted by atomic mass is 10.0. The van der Waals surface area contributed by atoms with E-state index in [1.54, 1.807) is 0 Å². The first kappa shape index (κ1) is 6.71. The van der Waals surface area contributed by atoms with Crippen LogP contribution in [0.1, 0.15) is 24.0 Å². The summed E-state index contributed by atoms with van der Waals surface area (Å²) in [7, 11) is 0. The summed E-state index contributed by atoms with van der Waals surface area (Å²) in [5, 5.41) is 3.42. The molecule has 1 aromatic carbocycles. The molecule has 0 amide bonds. The minimum Gasteiger partial charge on any atom is -0.384 e. The van der Waals surface area contributed by atoms with Gasteiger partial charge in [0.1, 0.15) is 0 Å². The molecule has 11 heavy (non-hydrogen) atoms. The third-order valence-corrected chi connectivity index (χ3v) is 2.42. The predicted octanol–water partition coefficient (Wildman–Crippen LogP) is 2.52. The molecule has 0 aromatic heterocycles. The van der Waals surface area contributed by atoms with Crippen molar-refractivity contribution < 1.29 is 0 Å². The van der Waals surface area contributed by atoms with Gasteiger partial charge in [-0.3, -0.25) is 0 Å². The second-order valence-electron chi connectivity index (χ2n) is 3.32. The van der Waals surface area contributed by atoms with E-state index in [0.29, 0.717) is 5.92 Å². The van der Waals surface area contributed by atoms with Gasteiger partial charge in [0.2, 0.25) is 0 Å². The summed E-state index contributed by atoms with van der Waals surface area (Å²) in [6.45, 7) is 5.52. The van der Waals surface area contributed by atoms with Crippen LogP contribution in [0.2, 0.25) is 0 Å². The summed E-state index contributed by atoms with van der Waals surface area (Å²) >= 11 is 0. The lowest BCUT2D eigenvalue weighted by molar-refractivity contribution is 0.854. The topological polar surface area (TPSA) is 12.0 Å². The lowest BCUT2D eigenvalue weighted by Crippen LogP contribution is -1.96. The van der Waals surface area contributed by atoms with Crippen molar-refractivity contribution in [1.82, 2.24) is 0 Å². The zero-order valence-corrected chi connectivity index (χ0v) is 7.02. The third-order valence-electron chi connectivity index (χ3n) is 2.42. The molecule has 0 fully saturated rings. The van der Waals surface area contributed by atoms with Gasteiger partial charge in [-0.25, -0.2) is 0 Å². The smallest absolute Gasteiger partial charge is 0.0406 e. The maximum absolute atomic E-state index is 3.42. The van der Waals surface area contributed by atoms with Gasteiger partial charge in [-0.15, -0.1) is 0 Å². The largest absolute Gasteiger partial charge is 0.384 e. The van der Waals surface area contributed by atoms with E-state index in [1.807, 2.05) is 0 Å². The van der Waals surface area contributed by atoms with Crippen LogP contribution in [-0.4, -0.2) is 6.54 Å². The molecule has 0 spiro atoms. The summed E-state index contributed by atoms with van der Waals surface area (Å²) in [6, 6.07) is 6.51. The molecule has 0 saturated carbocycles. The minimum absolute atomic E-state index is 0.685. The zero-order valence-electron chi connectivity index (χ0n) is 7.02. The van der Waals surface area contributed by atoms with Crippen molar-refractivity contribution in [2.45, 2.75) is 19.8 Å². The van der Waals surface area contributed by atoms with Crippen molar-refractivity contribution in [3.05, 3.63) is 29.3 Å². The number of aryl methyl sites for hydroxylation is 1. The zero-order chi connectivity index (χ0) is 7.84.